The Kier molecular flexibility index (Phi) is 16.6. The number of ketones is 2. The number of oxime groups is 1. The Morgan fingerprint density at radius 2 is 1.45 bits per heavy atom. The highest BCUT2D eigenvalue weighted by atomic mass is 32.2. The zero-order chi connectivity index (χ0) is 54.6. The zero-order valence-electron chi connectivity index (χ0n) is 42.0. The van der Waals surface area contributed by atoms with E-state index in [0.717, 1.165) is 22.3 Å². The number of amides is 5. The van der Waals surface area contributed by atoms with E-state index in [4.69, 9.17) is 14.3 Å². The summed E-state index contributed by atoms with van der Waals surface area (Å²) in [5.41, 5.74) is -4.17. The Morgan fingerprint density at radius 1 is 0.865 bits per heavy atom. The molecule has 3 heterocycles. The van der Waals surface area contributed by atoms with E-state index in [1.54, 1.807) is 90.1 Å². The van der Waals surface area contributed by atoms with Gasteiger partial charge in [0.05, 0.1) is 18.8 Å². The van der Waals surface area contributed by atoms with E-state index in [1.807, 2.05) is 12.1 Å². The highest BCUT2D eigenvalue weighted by molar-refractivity contribution is 7.84. The van der Waals surface area contributed by atoms with Crippen molar-refractivity contribution >= 4 is 79.7 Å². The van der Waals surface area contributed by atoms with Crippen molar-refractivity contribution < 1.29 is 65.6 Å². The van der Waals surface area contributed by atoms with Crippen molar-refractivity contribution in [2.24, 2.45) is 16.0 Å². The number of hydrogen-bond acceptors (Lipinski definition) is 18. The first-order chi connectivity index (χ1) is 34.5. The van der Waals surface area contributed by atoms with Crippen molar-refractivity contribution in [3.05, 3.63) is 94.8 Å². The Balaban J connectivity index is 1.27. The fraction of sp³-hybridized carbons (Fsp3) is 0.458. The highest BCUT2D eigenvalue weighted by Crippen LogP contribution is 2.43. The average Bonchev–Trinajstić information content (AvgIpc) is 3.72. The largest absolute Gasteiger partial charge is 0.450 e. The predicted octanol–water partition coefficient (Wildman–Crippen LogP) is 3.76. The van der Waals surface area contributed by atoms with Crippen LogP contribution in [0.2, 0.25) is 0 Å². The van der Waals surface area contributed by atoms with Crippen molar-refractivity contribution in [2.45, 2.75) is 124 Å². The van der Waals surface area contributed by atoms with Crippen LogP contribution in [0, 0.1) is 10.8 Å². The molecule has 6 rings (SSSR count). The van der Waals surface area contributed by atoms with Gasteiger partial charge in [0, 0.05) is 35.6 Å². The lowest BCUT2D eigenvalue weighted by atomic mass is 9.90. The summed E-state index contributed by atoms with van der Waals surface area (Å²) in [6.07, 6.45) is -0.439. The molecule has 0 bridgehead atoms. The molecular formula is C48H58N10O14S2. The first-order valence-electron chi connectivity index (χ1n) is 23.2. The monoisotopic (exact) mass is 1060 g/mol. The van der Waals surface area contributed by atoms with E-state index in [1.165, 1.54) is 26.2 Å². The normalized spacial score (nSPS) is 17.0. The standard InChI is InChI=1S/C48H58N10O14S2/c1-45(2,3)36(59)39(62)49-23-20-29(51-40(63)37(60)46(4,5)6)30-24-50-57(55-30)25-32-34(41(64)58(32)74(67,68)69)53-38(61)33(31-26-73-43(52-31)54-44(66)71-47(7,8)9)56-72-48(21-22-48)42(65)70-35(27-16-12-10-13-17-27)28-18-14-11-15-19-28/h10-19,24,26,29,32,34-35H,20-23,25H2,1-9H3,(H,49,62)(H,51,63)(H,53,61)(H,52,54,66)(H,67,68,69)/b56-33-/t29-,32+,34-/m0/s1. The third-order valence-electron chi connectivity index (χ3n) is 11.2. The second-order valence-electron chi connectivity index (χ2n) is 20.5. The molecule has 396 valence electrons. The van der Waals surface area contributed by atoms with Gasteiger partial charge >= 0.3 is 22.4 Å². The molecule has 1 aliphatic heterocycles. The van der Waals surface area contributed by atoms with Crippen molar-refractivity contribution in [3.8, 4) is 0 Å². The summed E-state index contributed by atoms with van der Waals surface area (Å²) in [5.74, 6) is -6.65. The van der Waals surface area contributed by atoms with Gasteiger partial charge in [0.15, 0.2) is 16.9 Å². The van der Waals surface area contributed by atoms with Crippen LogP contribution in [0.25, 0.3) is 0 Å². The maximum absolute atomic E-state index is 14.4. The summed E-state index contributed by atoms with van der Waals surface area (Å²) in [4.78, 5) is 117. The van der Waals surface area contributed by atoms with Crippen molar-refractivity contribution in [1.82, 2.24) is 40.2 Å². The number of nitrogens with one attached hydrogen (secondary N) is 4. The lowest BCUT2D eigenvalue weighted by Gasteiger charge is -2.43. The Morgan fingerprint density at radius 3 is 1.99 bits per heavy atom. The molecule has 74 heavy (non-hydrogen) atoms. The second kappa shape index (κ2) is 21.9. The molecule has 0 unspecified atom stereocenters. The molecule has 1 saturated heterocycles. The van der Waals surface area contributed by atoms with Gasteiger partial charge in [-0.1, -0.05) is 107 Å². The van der Waals surface area contributed by atoms with Gasteiger partial charge < -0.3 is 30.3 Å². The second-order valence-corrected chi connectivity index (χ2v) is 22.6. The lowest BCUT2D eigenvalue weighted by molar-refractivity contribution is -0.164. The molecule has 26 heteroatoms. The SMILES string of the molecule is CC(C)(C)OC(=O)Nc1nc(/C(=N/OC2(C(=O)OC(c3ccccc3)c3ccccc3)CC2)C(=O)N[C@@H]2C(=O)N(S(=O)(=O)O)[C@@H]2Cn2ncc([C@H](CCNC(=O)C(=O)C(C)(C)C)NC(=O)C(=O)C(C)(C)C)n2)cs1. The third-order valence-corrected chi connectivity index (χ3v) is 12.9. The number of carbonyl (C=O) groups excluding carboxylic acids is 8. The predicted molar refractivity (Wildman–Crippen MR) is 264 cm³/mol. The van der Waals surface area contributed by atoms with Crippen LogP contribution in [0.1, 0.15) is 116 Å². The Labute approximate surface area is 430 Å². The summed E-state index contributed by atoms with van der Waals surface area (Å²) in [7, 11) is -5.28. The molecule has 24 nitrogen and oxygen atoms in total. The van der Waals surface area contributed by atoms with Crippen LogP contribution in [0.4, 0.5) is 9.93 Å². The number of nitrogens with zero attached hydrogens (tertiary/aromatic N) is 6. The summed E-state index contributed by atoms with van der Waals surface area (Å²) >= 11 is 0.854. The molecular weight excluding hydrogens is 1000 g/mol. The fourth-order valence-corrected chi connectivity index (χ4v) is 8.65. The number of aromatic nitrogens is 4. The van der Waals surface area contributed by atoms with Gasteiger partial charge in [-0.15, -0.1) is 11.3 Å². The van der Waals surface area contributed by atoms with Crippen LogP contribution in [-0.2, 0) is 64.7 Å². The van der Waals surface area contributed by atoms with Gasteiger partial charge in [-0.05, 0) is 38.3 Å². The Hall–Kier alpha value is -7.45. The van der Waals surface area contributed by atoms with Crippen LogP contribution in [-0.4, -0.2) is 120 Å². The molecule has 2 aromatic carbocycles. The Bertz CT molecular complexity index is 2900. The van der Waals surface area contributed by atoms with Crippen LogP contribution in [0.5, 0.6) is 0 Å². The molecule has 0 radical (unpaired) electrons. The molecule has 0 spiro atoms. The number of ether oxygens (including phenoxy) is 2. The summed E-state index contributed by atoms with van der Waals surface area (Å²) in [6, 6.07) is 13.5. The minimum Gasteiger partial charge on any atom is -0.450 e. The number of hydrogen-bond donors (Lipinski definition) is 5. The average molecular weight is 1060 g/mol. The number of benzene rings is 2. The van der Waals surface area contributed by atoms with Crippen LogP contribution in [0.15, 0.2) is 77.4 Å². The van der Waals surface area contributed by atoms with Crippen LogP contribution >= 0.6 is 11.3 Å². The van der Waals surface area contributed by atoms with E-state index >= 15 is 0 Å². The van der Waals surface area contributed by atoms with Gasteiger partial charge in [0.2, 0.25) is 17.2 Å². The molecule has 3 atom stereocenters. The first-order valence-corrected chi connectivity index (χ1v) is 25.5. The highest BCUT2D eigenvalue weighted by Gasteiger charge is 2.57. The number of anilines is 1. The topological polar surface area (TPSA) is 326 Å². The third kappa shape index (κ3) is 14.0. The molecule has 1 aliphatic carbocycles. The smallest absolute Gasteiger partial charge is 0.413 e. The summed E-state index contributed by atoms with van der Waals surface area (Å²) < 4.78 is 46.8. The van der Waals surface area contributed by atoms with E-state index < -0.39 is 116 Å². The van der Waals surface area contributed by atoms with E-state index in [0.29, 0.717) is 11.1 Å². The van der Waals surface area contributed by atoms with Gasteiger partial charge in [0.1, 0.15) is 29.1 Å². The van der Waals surface area contributed by atoms with E-state index in [-0.39, 0.29) is 46.6 Å². The number of Topliss-reactive ketones (excluding diaryl/α,β-unsaturated/α-hetero) is 2. The number of β-lactam (4-membered cyclic amide) rings is 1. The minimum absolute atomic E-state index is 0.00150. The maximum Gasteiger partial charge on any atom is 0.413 e. The summed E-state index contributed by atoms with van der Waals surface area (Å²) in [6.45, 7) is 13.4. The van der Waals surface area contributed by atoms with E-state index in [2.05, 4.69) is 41.6 Å². The minimum atomic E-state index is -5.28. The number of esters is 1. The lowest BCUT2D eigenvalue weighted by Crippen LogP contribution is -2.73. The van der Waals surface area contributed by atoms with Crippen LogP contribution in [0.3, 0.4) is 0 Å². The number of thiazole rings is 1. The fourth-order valence-electron chi connectivity index (χ4n) is 7.10. The van der Waals surface area contributed by atoms with Gasteiger partial charge in [-0.3, -0.25) is 38.6 Å². The quantitative estimate of drug-likeness (QED) is 0.0210. The molecule has 1 saturated carbocycles. The van der Waals surface area contributed by atoms with Crippen molar-refractivity contribution in [1.29, 1.82) is 0 Å². The van der Waals surface area contributed by atoms with Crippen molar-refractivity contribution in [3.63, 3.8) is 0 Å². The van der Waals surface area contributed by atoms with Gasteiger partial charge in [-0.2, -0.15) is 23.4 Å². The van der Waals surface area contributed by atoms with Crippen LogP contribution < -0.4 is 21.3 Å². The summed E-state index contributed by atoms with van der Waals surface area (Å²) in [5, 5.41) is 23.7. The van der Waals surface area contributed by atoms with Gasteiger partial charge in [0.25, 0.3) is 23.6 Å². The zero-order valence-corrected chi connectivity index (χ0v) is 43.7. The van der Waals surface area contributed by atoms with Gasteiger partial charge in [-0.25, -0.2) is 18.9 Å². The molecule has 2 aliphatic rings. The molecule has 2 aromatic heterocycles. The van der Waals surface area contributed by atoms with Crippen molar-refractivity contribution in [2.75, 3.05) is 11.9 Å². The van der Waals surface area contributed by atoms with E-state index in [9.17, 15) is 51.3 Å². The molecule has 5 N–H and O–H groups in total. The molecule has 2 fully saturated rings. The molecule has 4 aromatic rings. The maximum atomic E-state index is 14.4. The number of carbonyl (C=O) groups is 8. The number of rotatable bonds is 20. The first kappa shape index (κ1) is 55.9. The molecule has 5 amide bonds.